The lowest BCUT2D eigenvalue weighted by Gasteiger charge is -2.36. The fourth-order valence-electron chi connectivity index (χ4n) is 3.22. The quantitative estimate of drug-likeness (QED) is 0.660. The van der Waals surface area contributed by atoms with E-state index < -0.39 is 5.97 Å². The lowest BCUT2D eigenvalue weighted by atomic mass is 10.1. The van der Waals surface area contributed by atoms with Crippen LogP contribution in [0.15, 0.2) is 12.1 Å². The molecule has 0 saturated carbocycles. The van der Waals surface area contributed by atoms with Gasteiger partial charge in [-0.15, -0.1) is 0 Å². The van der Waals surface area contributed by atoms with Crippen LogP contribution in [0.25, 0.3) is 11.0 Å². The summed E-state index contributed by atoms with van der Waals surface area (Å²) in [6.45, 7) is 8.15. The number of hydrogen-bond donors (Lipinski definition) is 0. The number of carbonyl (C=O) groups is 2. The van der Waals surface area contributed by atoms with E-state index in [0.29, 0.717) is 53.1 Å². The largest absolute Gasteiger partial charge is 0.461 e. The average molecular weight is 439 g/mol. The SMILES string of the molecule is CCOC(=O)c1nc2cc(Cl)c(Cl)cc2nc1N1CCN(C(=O)[C@@H](C)CC)CC1. The minimum absolute atomic E-state index is 0.00370. The van der Waals surface area contributed by atoms with Crippen molar-refractivity contribution in [2.24, 2.45) is 5.92 Å². The molecule has 2 aromatic rings. The molecule has 1 aliphatic rings. The van der Waals surface area contributed by atoms with E-state index in [9.17, 15) is 9.59 Å². The molecule has 0 aliphatic carbocycles. The Morgan fingerprint density at radius 3 is 2.21 bits per heavy atom. The molecule has 1 aromatic heterocycles. The molecule has 1 aliphatic heterocycles. The van der Waals surface area contributed by atoms with Gasteiger partial charge < -0.3 is 14.5 Å². The molecule has 0 bridgehead atoms. The van der Waals surface area contributed by atoms with E-state index in [4.69, 9.17) is 27.9 Å². The molecule has 1 atom stereocenters. The van der Waals surface area contributed by atoms with Gasteiger partial charge in [0.05, 0.1) is 27.7 Å². The minimum atomic E-state index is -0.541. The molecule has 29 heavy (non-hydrogen) atoms. The van der Waals surface area contributed by atoms with Crippen LogP contribution in [0.5, 0.6) is 0 Å². The van der Waals surface area contributed by atoms with Gasteiger partial charge in [-0.05, 0) is 25.5 Å². The molecule has 7 nitrogen and oxygen atoms in total. The zero-order chi connectivity index (χ0) is 21.1. The molecular weight excluding hydrogens is 415 g/mol. The number of nitrogens with zero attached hydrogens (tertiary/aromatic N) is 4. The maximum atomic E-state index is 12.5. The molecule has 1 saturated heterocycles. The Hall–Kier alpha value is -2.12. The number of halogens is 2. The number of anilines is 1. The van der Waals surface area contributed by atoms with Crippen LogP contribution in [-0.4, -0.2) is 59.5 Å². The van der Waals surface area contributed by atoms with Gasteiger partial charge in [-0.2, -0.15) is 0 Å². The molecule has 0 radical (unpaired) electrons. The van der Waals surface area contributed by atoms with Crippen molar-refractivity contribution in [3.8, 4) is 0 Å². The Kier molecular flexibility index (Phi) is 6.80. The third kappa shape index (κ3) is 4.56. The predicted octanol–water partition coefficient (Wildman–Crippen LogP) is 3.81. The zero-order valence-electron chi connectivity index (χ0n) is 16.7. The molecule has 1 fully saturated rings. The van der Waals surface area contributed by atoms with Crippen LogP contribution < -0.4 is 4.90 Å². The number of benzene rings is 1. The van der Waals surface area contributed by atoms with Gasteiger partial charge in [-0.25, -0.2) is 14.8 Å². The Labute approximate surface area is 179 Å². The topological polar surface area (TPSA) is 75.6 Å². The highest BCUT2D eigenvalue weighted by Gasteiger charge is 2.28. The molecule has 1 amide bonds. The molecule has 156 valence electrons. The molecule has 1 aromatic carbocycles. The molecule has 0 N–H and O–H groups in total. The van der Waals surface area contributed by atoms with E-state index >= 15 is 0 Å². The van der Waals surface area contributed by atoms with E-state index in [-0.39, 0.29) is 24.1 Å². The molecule has 0 spiro atoms. The fraction of sp³-hybridized carbons (Fsp3) is 0.500. The van der Waals surface area contributed by atoms with E-state index in [1.165, 1.54) is 0 Å². The van der Waals surface area contributed by atoms with Crippen LogP contribution in [0.4, 0.5) is 5.82 Å². The Bertz CT molecular complexity index is 930. The van der Waals surface area contributed by atoms with Gasteiger partial charge in [-0.1, -0.05) is 37.0 Å². The summed E-state index contributed by atoms with van der Waals surface area (Å²) in [5.41, 5.74) is 1.15. The number of piperazine rings is 1. The van der Waals surface area contributed by atoms with Crippen molar-refractivity contribution in [2.45, 2.75) is 27.2 Å². The highest BCUT2D eigenvalue weighted by atomic mass is 35.5. The molecule has 9 heteroatoms. The summed E-state index contributed by atoms with van der Waals surface area (Å²) in [6, 6.07) is 3.22. The first-order valence-corrected chi connectivity index (χ1v) is 10.5. The van der Waals surface area contributed by atoms with Gasteiger partial charge in [0.1, 0.15) is 0 Å². The number of esters is 1. The van der Waals surface area contributed by atoms with E-state index in [1.807, 2.05) is 23.6 Å². The van der Waals surface area contributed by atoms with Crippen LogP contribution in [0.3, 0.4) is 0 Å². The molecule has 2 heterocycles. The van der Waals surface area contributed by atoms with Crippen molar-refractivity contribution in [1.82, 2.24) is 14.9 Å². The number of ether oxygens (including phenoxy) is 1. The first-order valence-electron chi connectivity index (χ1n) is 9.73. The first-order chi connectivity index (χ1) is 13.8. The summed E-state index contributed by atoms with van der Waals surface area (Å²) in [5.74, 6) is 0.0545. The Morgan fingerprint density at radius 1 is 1.07 bits per heavy atom. The number of aromatic nitrogens is 2. The summed E-state index contributed by atoms with van der Waals surface area (Å²) < 4.78 is 5.18. The van der Waals surface area contributed by atoms with Gasteiger partial charge in [0.25, 0.3) is 0 Å². The van der Waals surface area contributed by atoms with Crippen LogP contribution in [-0.2, 0) is 9.53 Å². The lowest BCUT2D eigenvalue weighted by Crippen LogP contribution is -2.50. The predicted molar refractivity (Wildman–Crippen MR) is 114 cm³/mol. The monoisotopic (exact) mass is 438 g/mol. The van der Waals surface area contributed by atoms with Crippen molar-refractivity contribution in [1.29, 1.82) is 0 Å². The van der Waals surface area contributed by atoms with Crippen molar-refractivity contribution < 1.29 is 14.3 Å². The number of fused-ring (bicyclic) bond motifs is 1. The Morgan fingerprint density at radius 2 is 1.66 bits per heavy atom. The van der Waals surface area contributed by atoms with Crippen LogP contribution in [0.2, 0.25) is 10.0 Å². The summed E-state index contributed by atoms with van der Waals surface area (Å²) in [4.78, 5) is 37.9. The van der Waals surface area contributed by atoms with Crippen molar-refractivity contribution in [3.05, 3.63) is 27.9 Å². The second kappa shape index (κ2) is 9.13. The van der Waals surface area contributed by atoms with E-state index in [2.05, 4.69) is 9.97 Å². The second-order valence-electron chi connectivity index (χ2n) is 6.99. The highest BCUT2D eigenvalue weighted by molar-refractivity contribution is 6.42. The second-order valence-corrected chi connectivity index (χ2v) is 7.81. The zero-order valence-corrected chi connectivity index (χ0v) is 18.3. The molecule has 3 rings (SSSR count). The van der Waals surface area contributed by atoms with Crippen LogP contribution in [0.1, 0.15) is 37.7 Å². The molecule has 0 unspecified atom stereocenters. The van der Waals surface area contributed by atoms with Crippen LogP contribution in [0, 0.1) is 5.92 Å². The maximum Gasteiger partial charge on any atom is 0.360 e. The Balaban J connectivity index is 1.93. The summed E-state index contributed by atoms with van der Waals surface area (Å²) in [5, 5.41) is 0.709. The fourth-order valence-corrected chi connectivity index (χ4v) is 3.54. The lowest BCUT2D eigenvalue weighted by molar-refractivity contribution is -0.135. The summed E-state index contributed by atoms with van der Waals surface area (Å²) in [6.07, 6.45) is 0.811. The van der Waals surface area contributed by atoms with Crippen molar-refractivity contribution >= 4 is 51.9 Å². The normalized spacial score (nSPS) is 15.5. The van der Waals surface area contributed by atoms with E-state index in [1.54, 1.807) is 19.1 Å². The number of amides is 1. The van der Waals surface area contributed by atoms with Gasteiger partial charge in [0, 0.05) is 32.1 Å². The van der Waals surface area contributed by atoms with Gasteiger partial charge in [0.15, 0.2) is 11.5 Å². The smallest absolute Gasteiger partial charge is 0.360 e. The highest BCUT2D eigenvalue weighted by Crippen LogP contribution is 2.29. The van der Waals surface area contributed by atoms with Gasteiger partial charge >= 0.3 is 5.97 Å². The average Bonchev–Trinajstić information content (AvgIpc) is 2.73. The first kappa shape index (κ1) is 21.6. The third-order valence-electron chi connectivity index (χ3n) is 5.08. The third-order valence-corrected chi connectivity index (χ3v) is 5.80. The van der Waals surface area contributed by atoms with Crippen LogP contribution >= 0.6 is 23.2 Å². The number of hydrogen-bond acceptors (Lipinski definition) is 6. The number of carbonyl (C=O) groups excluding carboxylic acids is 2. The van der Waals surface area contributed by atoms with Crippen molar-refractivity contribution in [2.75, 3.05) is 37.7 Å². The van der Waals surface area contributed by atoms with Gasteiger partial charge in [0.2, 0.25) is 5.91 Å². The number of rotatable bonds is 5. The van der Waals surface area contributed by atoms with Gasteiger partial charge in [-0.3, -0.25) is 4.79 Å². The molecular formula is C20H24Cl2N4O3. The van der Waals surface area contributed by atoms with Crippen molar-refractivity contribution in [3.63, 3.8) is 0 Å². The minimum Gasteiger partial charge on any atom is -0.461 e. The maximum absolute atomic E-state index is 12.5. The standard InChI is InChI=1S/C20H24Cl2N4O3/c1-4-12(3)19(27)26-8-6-25(7-9-26)18-17(20(28)29-5-2)23-15-10-13(21)14(22)11-16(15)24-18/h10-12H,4-9H2,1-3H3/t12-/m0/s1. The van der Waals surface area contributed by atoms with E-state index in [0.717, 1.165) is 6.42 Å². The summed E-state index contributed by atoms with van der Waals surface area (Å²) >= 11 is 12.2. The summed E-state index contributed by atoms with van der Waals surface area (Å²) in [7, 11) is 0.